The van der Waals surface area contributed by atoms with Crippen LogP contribution in [-0.4, -0.2) is 32.4 Å². The Balaban J connectivity index is 0.00000144. The molecule has 17 heavy (non-hydrogen) atoms. The van der Waals surface area contributed by atoms with Gasteiger partial charge in [0, 0.05) is 12.6 Å². The molecule has 2 N–H and O–H groups in total. The molecule has 5 nitrogen and oxygen atoms in total. The van der Waals surface area contributed by atoms with Crippen LogP contribution in [-0.2, 0) is 4.74 Å². The Morgan fingerprint density at radius 2 is 2.35 bits per heavy atom. The van der Waals surface area contributed by atoms with Gasteiger partial charge in [0.15, 0.2) is 0 Å². The molecule has 1 aliphatic heterocycles. The van der Waals surface area contributed by atoms with Gasteiger partial charge in [0.1, 0.15) is 11.9 Å². The van der Waals surface area contributed by atoms with Gasteiger partial charge in [0.05, 0.1) is 19.3 Å². The molecule has 1 fully saturated rings. The van der Waals surface area contributed by atoms with Crippen molar-refractivity contribution >= 4 is 24.2 Å². The van der Waals surface area contributed by atoms with Crippen molar-refractivity contribution in [3.63, 3.8) is 0 Å². The maximum absolute atomic E-state index is 11.6. The summed E-state index contributed by atoms with van der Waals surface area (Å²) in [5.74, 6) is 0.710. The lowest BCUT2D eigenvalue weighted by atomic mass is 10.2. The van der Waals surface area contributed by atoms with Crippen LogP contribution in [0.25, 0.3) is 0 Å². The highest BCUT2D eigenvalue weighted by Gasteiger charge is 2.31. The summed E-state index contributed by atoms with van der Waals surface area (Å²) >= 11 is 0. The average molecular weight is 259 g/mol. The number of hydrogen-bond acceptors (Lipinski definition) is 4. The summed E-state index contributed by atoms with van der Waals surface area (Å²) in [6.45, 7) is 0.828. The van der Waals surface area contributed by atoms with Crippen molar-refractivity contribution in [3.05, 3.63) is 24.3 Å². The van der Waals surface area contributed by atoms with E-state index in [0.717, 1.165) is 5.69 Å². The molecule has 1 amide bonds. The van der Waals surface area contributed by atoms with Crippen molar-refractivity contribution < 1.29 is 14.3 Å². The van der Waals surface area contributed by atoms with Crippen LogP contribution >= 0.6 is 12.4 Å². The van der Waals surface area contributed by atoms with Crippen molar-refractivity contribution in [2.24, 2.45) is 5.73 Å². The zero-order chi connectivity index (χ0) is 11.5. The van der Waals surface area contributed by atoms with Crippen LogP contribution in [0.15, 0.2) is 24.3 Å². The lowest BCUT2D eigenvalue weighted by Crippen LogP contribution is -2.27. The summed E-state index contributed by atoms with van der Waals surface area (Å²) in [5.41, 5.74) is 6.23. The molecule has 1 heterocycles. The molecule has 1 saturated heterocycles. The fraction of sp³-hybridized carbons (Fsp3) is 0.364. The monoisotopic (exact) mass is 258 g/mol. The first-order chi connectivity index (χ1) is 7.74. The highest BCUT2D eigenvalue weighted by atomic mass is 35.5. The van der Waals surface area contributed by atoms with Crippen molar-refractivity contribution in [3.8, 4) is 5.75 Å². The first-order valence-corrected chi connectivity index (χ1v) is 5.07. The van der Waals surface area contributed by atoms with Gasteiger partial charge < -0.3 is 15.2 Å². The van der Waals surface area contributed by atoms with Crippen LogP contribution in [0.2, 0.25) is 0 Å². The first kappa shape index (κ1) is 13.6. The van der Waals surface area contributed by atoms with Gasteiger partial charge >= 0.3 is 6.09 Å². The van der Waals surface area contributed by atoms with E-state index < -0.39 is 0 Å². The summed E-state index contributed by atoms with van der Waals surface area (Å²) in [5, 5.41) is 0. The van der Waals surface area contributed by atoms with Crippen molar-refractivity contribution in [1.29, 1.82) is 0 Å². The van der Waals surface area contributed by atoms with Crippen LogP contribution in [0.1, 0.15) is 0 Å². The molecule has 2 rings (SSSR count). The van der Waals surface area contributed by atoms with Crippen LogP contribution in [0.4, 0.5) is 10.5 Å². The number of nitrogens with zero attached hydrogens (tertiary/aromatic N) is 1. The SMILES string of the molecule is COc1cccc(N2CC(CN)OC2=O)c1.Cl. The maximum atomic E-state index is 11.6. The van der Waals surface area contributed by atoms with Crippen LogP contribution < -0.4 is 15.4 Å². The molecular weight excluding hydrogens is 244 g/mol. The van der Waals surface area contributed by atoms with Gasteiger partial charge in [-0.2, -0.15) is 0 Å². The summed E-state index contributed by atoms with van der Waals surface area (Å²) in [4.78, 5) is 13.1. The third kappa shape index (κ3) is 2.81. The minimum atomic E-state index is -0.358. The van der Waals surface area contributed by atoms with Gasteiger partial charge in [0.2, 0.25) is 0 Å². The zero-order valence-corrected chi connectivity index (χ0v) is 10.3. The standard InChI is InChI=1S/C11H14N2O3.ClH/c1-15-9-4-2-3-8(5-9)13-7-10(6-12)16-11(13)14;/h2-5,10H,6-7,12H2,1H3;1H. The van der Waals surface area contributed by atoms with Crippen LogP contribution in [0.3, 0.4) is 0 Å². The fourth-order valence-corrected chi connectivity index (χ4v) is 1.63. The van der Waals surface area contributed by atoms with Crippen LogP contribution in [0.5, 0.6) is 5.75 Å². The topological polar surface area (TPSA) is 64.8 Å². The summed E-state index contributed by atoms with van der Waals surface area (Å²) < 4.78 is 10.2. The van der Waals surface area contributed by atoms with Gasteiger partial charge in [-0.1, -0.05) is 6.07 Å². The summed E-state index contributed by atoms with van der Waals surface area (Å²) in [6.07, 6.45) is -0.581. The fourth-order valence-electron chi connectivity index (χ4n) is 1.63. The highest BCUT2D eigenvalue weighted by molar-refractivity contribution is 5.90. The number of rotatable bonds is 3. The van der Waals surface area contributed by atoms with Crippen molar-refractivity contribution in [2.45, 2.75) is 6.10 Å². The van der Waals surface area contributed by atoms with Gasteiger partial charge in [-0.25, -0.2) is 4.79 Å². The predicted molar refractivity (Wildman–Crippen MR) is 66.9 cm³/mol. The van der Waals surface area contributed by atoms with E-state index in [-0.39, 0.29) is 24.6 Å². The molecular formula is C11H15ClN2O3. The van der Waals surface area contributed by atoms with Crippen molar-refractivity contribution in [1.82, 2.24) is 0 Å². The Morgan fingerprint density at radius 1 is 1.59 bits per heavy atom. The Bertz CT molecular complexity index is 400. The molecule has 1 aromatic carbocycles. The van der Waals surface area contributed by atoms with Crippen molar-refractivity contribution in [2.75, 3.05) is 25.1 Å². The minimum Gasteiger partial charge on any atom is -0.497 e. The summed E-state index contributed by atoms with van der Waals surface area (Å²) in [6, 6.07) is 7.28. The molecule has 0 radical (unpaired) electrons. The molecule has 0 aliphatic carbocycles. The molecule has 0 bridgehead atoms. The molecule has 1 aromatic rings. The normalized spacial score (nSPS) is 18.6. The number of hydrogen-bond donors (Lipinski definition) is 1. The molecule has 1 atom stereocenters. The van der Waals surface area contributed by atoms with E-state index in [2.05, 4.69) is 0 Å². The number of carbonyl (C=O) groups excluding carboxylic acids is 1. The second kappa shape index (κ2) is 5.75. The largest absolute Gasteiger partial charge is 0.497 e. The minimum absolute atomic E-state index is 0. The molecule has 0 saturated carbocycles. The second-order valence-corrected chi connectivity index (χ2v) is 3.55. The number of ether oxygens (including phenoxy) is 2. The smallest absolute Gasteiger partial charge is 0.414 e. The van der Waals surface area contributed by atoms with E-state index in [4.69, 9.17) is 15.2 Å². The number of carbonyl (C=O) groups is 1. The van der Waals surface area contributed by atoms with E-state index in [0.29, 0.717) is 18.8 Å². The van der Waals surface area contributed by atoms with Gasteiger partial charge in [-0.15, -0.1) is 12.4 Å². The average Bonchev–Trinajstić information content (AvgIpc) is 2.71. The Morgan fingerprint density at radius 3 is 2.94 bits per heavy atom. The molecule has 1 aliphatic rings. The maximum Gasteiger partial charge on any atom is 0.414 e. The van der Waals surface area contributed by atoms with E-state index in [1.807, 2.05) is 18.2 Å². The van der Waals surface area contributed by atoms with E-state index >= 15 is 0 Å². The van der Waals surface area contributed by atoms with Gasteiger partial charge in [-0.05, 0) is 12.1 Å². The third-order valence-electron chi connectivity index (χ3n) is 2.50. The quantitative estimate of drug-likeness (QED) is 0.890. The first-order valence-electron chi connectivity index (χ1n) is 5.07. The van der Waals surface area contributed by atoms with Gasteiger partial charge in [-0.3, -0.25) is 4.90 Å². The van der Waals surface area contributed by atoms with E-state index in [9.17, 15) is 4.79 Å². The number of cyclic esters (lactones) is 1. The molecule has 94 valence electrons. The van der Waals surface area contributed by atoms with E-state index in [1.165, 1.54) is 0 Å². The third-order valence-corrected chi connectivity index (χ3v) is 2.50. The lowest BCUT2D eigenvalue weighted by molar-refractivity contribution is 0.145. The Kier molecular flexibility index (Phi) is 4.60. The summed E-state index contributed by atoms with van der Waals surface area (Å²) in [7, 11) is 1.59. The lowest BCUT2D eigenvalue weighted by Gasteiger charge is -2.13. The Labute approximate surface area is 106 Å². The van der Waals surface area contributed by atoms with Crippen LogP contribution in [0, 0.1) is 0 Å². The predicted octanol–water partition coefficient (Wildman–Crippen LogP) is 1.40. The Hall–Kier alpha value is -1.46. The molecule has 1 unspecified atom stereocenters. The van der Waals surface area contributed by atoms with Gasteiger partial charge in [0.25, 0.3) is 0 Å². The molecule has 6 heteroatoms. The molecule has 0 spiro atoms. The number of nitrogens with two attached hydrogens (primary N) is 1. The highest BCUT2D eigenvalue weighted by Crippen LogP contribution is 2.24. The second-order valence-electron chi connectivity index (χ2n) is 3.55. The number of halogens is 1. The number of benzene rings is 1. The zero-order valence-electron chi connectivity index (χ0n) is 9.46. The molecule has 0 aromatic heterocycles. The van der Waals surface area contributed by atoms with E-state index in [1.54, 1.807) is 18.1 Å². The number of amides is 1. The number of anilines is 1. The number of methoxy groups -OCH3 is 1.